The molecule has 0 saturated carbocycles. The molecule has 0 unspecified atom stereocenters. The van der Waals surface area contributed by atoms with E-state index in [-0.39, 0.29) is 5.78 Å². The Bertz CT molecular complexity index is 410. The summed E-state index contributed by atoms with van der Waals surface area (Å²) in [5.41, 5.74) is 2.38. The van der Waals surface area contributed by atoms with Gasteiger partial charge in [-0.25, -0.2) is 4.98 Å². The van der Waals surface area contributed by atoms with Crippen molar-refractivity contribution >= 4 is 17.5 Å². The highest BCUT2D eigenvalue weighted by Crippen LogP contribution is 2.23. The molecule has 0 N–H and O–H groups in total. The molecule has 0 aromatic carbocycles. The second-order valence-electron chi connectivity index (χ2n) is 5.22. The summed E-state index contributed by atoms with van der Waals surface area (Å²) in [6.45, 7) is 11.3. The molecule has 0 amide bonds. The minimum atomic E-state index is 0.272. The lowest BCUT2D eigenvalue weighted by atomic mass is 10.2. The number of nitrogens with zero attached hydrogens (tertiary/aromatic N) is 2. The van der Waals surface area contributed by atoms with Crippen LogP contribution in [0, 0.1) is 19.8 Å². The fourth-order valence-corrected chi connectivity index (χ4v) is 2.84. The first-order chi connectivity index (χ1) is 8.41. The van der Waals surface area contributed by atoms with Crippen molar-refractivity contribution in [2.45, 2.75) is 59.2 Å². The normalized spacial score (nSPS) is 11.2. The van der Waals surface area contributed by atoms with Gasteiger partial charge in [0.05, 0.1) is 5.69 Å². The van der Waals surface area contributed by atoms with Gasteiger partial charge in [-0.2, -0.15) is 0 Å². The van der Waals surface area contributed by atoms with Crippen LogP contribution < -0.4 is 0 Å². The fraction of sp³-hybridized carbons (Fsp3) is 0.714. The minimum Gasteiger partial charge on any atom is -0.323 e. The molecule has 18 heavy (non-hydrogen) atoms. The number of Topliss-reactive ketones (excluding diaryl/α,β-unsaturated/α-hetero) is 1. The molecular weight excluding hydrogens is 244 g/mol. The zero-order chi connectivity index (χ0) is 13.7. The molecule has 0 saturated heterocycles. The Hall–Kier alpha value is -0.770. The molecule has 0 aliphatic heterocycles. The van der Waals surface area contributed by atoms with Crippen molar-refractivity contribution in [2.24, 2.45) is 5.92 Å². The van der Waals surface area contributed by atoms with Gasteiger partial charge in [0.2, 0.25) is 0 Å². The molecule has 1 rings (SSSR count). The highest BCUT2D eigenvalue weighted by Gasteiger charge is 2.12. The number of rotatable bonds is 7. The summed E-state index contributed by atoms with van der Waals surface area (Å²) < 4.78 is 2.30. The van der Waals surface area contributed by atoms with Crippen molar-refractivity contribution < 1.29 is 4.79 Å². The van der Waals surface area contributed by atoms with Crippen LogP contribution in [0.25, 0.3) is 0 Å². The molecule has 0 radical (unpaired) electrons. The lowest BCUT2D eigenvalue weighted by Crippen LogP contribution is -2.07. The van der Waals surface area contributed by atoms with Gasteiger partial charge in [-0.1, -0.05) is 25.6 Å². The van der Waals surface area contributed by atoms with E-state index < -0.39 is 0 Å². The Morgan fingerprint density at radius 3 is 2.61 bits per heavy atom. The van der Waals surface area contributed by atoms with Crippen molar-refractivity contribution in [1.29, 1.82) is 0 Å². The molecule has 0 spiro atoms. The van der Waals surface area contributed by atoms with Crippen LogP contribution in [-0.4, -0.2) is 21.1 Å². The zero-order valence-corrected chi connectivity index (χ0v) is 12.9. The van der Waals surface area contributed by atoms with E-state index in [1.165, 1.54) is 5.69 Å². The summed E-state index contributed by atoms with van der Waals surface area (Å²) >= 11 is 1.77. The van der Waals surface area contributed by atoms with Crippen molar-refractivity contribution in [2.75, 3.05) is 5.75 Å². The quantitative estimate of drug-likeness (QED) is 0.559. The van der Waals surface area contributed by atoms with Gasteiger partial charge in [-0.05, 0) is 33.1 Å². The molecule has 0 fully saturated rings. The van der Waals surface area contributed by atoms with Crippen LogP contribution in [0.2, 0.25) is 0 Å². The molecule has 1 aromatic rings. The predicted octanol–water partition coefficient (Wildman–Crippen LogP) is 3.62. The first kappa shape index (κ1) is 15.3. The number of imidazole rings is 1. The summed E-state index contributed by atoms with van der Waals surface area (Å²) in [5.74, 6) is 1.86. The molecule has 3 nitrogen and oxygen atoms in total. The monoisotopic (exact) mass is 268 g/mol. The molecule has 0 aliphatic carbocycles. The molecule has 0 aliphatic rings. The van der Waals surface area contributed by atoms with E-state index in [1.807, 2.05) is 0 Å². The van der Waals surface area contributed by atoms with Crippen LogP contribution in [0.1, 0.15) is 45.0 Å². The van der Waals surface area contributed by atoms with Gasteiger partial charge in [0.25, 0.3) is 0 Å². The maximum absolute atomic E-state index is 10.9. The SMILES string of the molecule is CC(=O)CCCSc1nc(C)c(C)n1CC(C)C. The van der Waals surface area contributed by atoms with E-state index in [0.717, 1.165) is 29.6 Å². The largest absolute Gasteiger partial charge is 0.323 e. The van der Waals surface area contributed by atoms with Crippen LogP contribution in [-0.2, 0) is 11.3 Å². The van der Waals surface area contributed by atoms with Crippen LogP contribution in [0.5, 0.6) is 0 Å². The van der Waals surface area contributed by atoms with Gasteiger partial charge < -0.3 is 9.36 Å². The number of thioether (sulfide) groups is 1. The second-order valence-corrected chi connectivity index (χ2v) is 6.29. The zero-order valence-electron chi connectivity index (χ0n) is 12.1. The third-order valence-electron chi connectivity index (χ3n) is 2.87. The maximum atomic E-state index is 10.9. The average molecular weight is 268 g/mol. The molecule has 4 heteroatoms. The molecular formula is C14H24N2OS. The predicted molar refractivity (Wildman–Crippen MR) is 77.2 cm³/mol. The number of aryl methyl sites for hydroxylation is 1. The fourth-order valence-electron chi connectivity index (χ4n) is 1.80. The topological polar surface area (TPSA) is 34.9 Å². The third-order valence-corrected chi connectivity index (χ3v) is 3.94. The van der Waals surface area contributed by atoms with E-state index >= 15 is 0 Å². The highest BCUT2D eigenvalue weighted by atomic mass is 32.2. The molecule has 102 valence electrons. The van der Waals surface area contributed by atoms with Crippen molar-refractivity contribution in [3.63, 3.8) is 0 Å². The van der Waals surface area contributed by atoms with Crippen molar-refractivity contribution in [3.8, 4) is 0 Å². The van der Waals surface area contributed by atoms with Crippen molar-refractivity contribution in [3.05, 3.63) is 11.4 Å². The number of carbonyl (C=O) groups is 1. The smallest absolute Gasteiger partial charge is 0.168 e. The Morgan fingerprint density at radius 2 is 2.06 bits per heavy atom. The Labute approximate surface area is 114 Å². The average Bonchev–Trinajstić information content (AvgIpc) is 2.52. The van der Waals surface area contributed by atoms with E-state index in [4.69, 9.17) is 0 Å². The minimum absolute atomic E-state index is 0.272. The number of hydrogen-bond donors (Lipinski definition) is 0. The van der Waals surface area contributed by atoms with Gasteiger partial charge in [0.15, 0.2) is 5.16 Å². The Kier molecular flexibility index (Phi) is 5.93. The standard InChI is InChI=1S/C14H24N2OS/c1-10(2)9-16-13(5)12(4)15-14(16)18-8-6-7-11(3)17/h10H,6-9H2,1-5H3. The van der Waals surface area contributed by atoms with Crippen LogP contribution in [0.15, 0.2) is 5.16 Å². The Balaban J connectivity index is 2.63. The van der Waals surface area contributed by atoms with Gasteiger partial charge in [0, 0.05) is 24.4 Å². The maximum Gasteiger partial charge on any atom is 0.168 e. The highest BCUT2D eigenvalue weighted by molar-refractivity contribution is 7.99. The van der Waals surface area contributed by atoms with Gasteiger partial charge >= 0.3 is 0 Å². The van der Waals surface area contributed by atoms with Gasteiger partial charge in [0.1, 0.15) is 5.78 Å². The van der Waals surface area contributed by atoms with E-state index in [1.54, 1.807) is 18.7 Å². The van der Waals surface area contributed by atoms with E-state index in [0.29, 0.717) is 12.3 Å². The Morgan fingerprint density at radius 1 is 1.39 bits per heavy atom. The molecule has 1 aromatic heterocycles. The summed E-state index contributed by atoms with van der Waals surface area (Å²) in [7, 11) is 0. The summed E-state index contributed by atoms with van der Waals surface area (Å²) in [5, 5.41) is 1.10. The van der Waals surface area contributed by atoms with Crippen molar-refractivity contribution in [1.82, 2.24) is 9.55 Å². The van der Waals surface area contributed by atoms with E-state index in [2.05, 4.69) is 37.2 Å². The summed E-state index contributed by atoms with van der Waals surface area (Å²) in [6.07, 6.45) is 1.61. The molecule has 0 atom stereocenters. The summed E-state index contributed by atoms with van der Waals surface area (Å²) in [4.78, 5) is 15.5. The number of aromatic nitrogens is 2. The number of hydrogen-bond acceptors (Lipinski definition) is 3. The van der Waals surface area contributed by atoms with Crippen LogP contribution in [0.4, 0.5) is 0 Å². The number of carbonyl (C=O) groups excluding carboxylic acids is 1. The van der Waals surface area contributed by atoms with Gasteiger partial charge in [-0.3, -0.25) is 0 Å². The van der Waals surface area contributed by atoms with Gasteiger partial charge in [-0.15, -0.1) is 0 Å². The lowest BCUT2D eigenvalue weighted by Gasteiger charge is -2.12. The molecule has 1 heterocycles. The lowest BCUT2D eigenvalue weighted by molar-refractivity contribution is -0.117. The number of ketones is 1. The summed E-state index contributed by atoms with van der Waals surface area (Å²) in [6, 6.07) is 0. The third kappa shape index (κ3) is 4.48. The first-order valence-electron chi connectivity index (χ1n) is 6.57. The second kappa shape index (κ2) is 6.98. The first-order valence-corrected chi connectivity index (χ1v) is 7.56. The van der Waals surface area contributed by atoms with Crippen LogP contribution >= 0.6 is 11.8 Å². The van der Waals surface area contributed by atoms with E-state index in [9.17, 15) is 4.79 Å². The van der Waals surface area contributed by atoms with Crippen LogP contribution in [0.3, 0.4) is 0 Å². The molecule has 0 bridgehead atoms.